The van der Waals surface area contributed by atoms with Crippen molar-refractivity contribution in [3.8, 4) is 0 Å². The summed E-state index contributed by atoms with van der Waals surface area (Å²) in [6.45, 7) is 0. The van der Waals surface area contributed by atoms with Crippen LogP contribution in [-0.2, 0) is 0 Å². The number of aromatic nitrogens is 1. The fraction of sp³-hybridized carbons (Fsp3) is 0.143. The number of hydrogen-bond donors (Lipinski definition) is 2. The lowest BCUT2D eigenvalue weighted by atomic mass is 10.1. The predicted octanol–water partition coefficient (Wildman–Crippen LogP) is 0.608. The molecule has 1 aromatic rings. The van der Waals surface area contributed by atoms with Crippen LogP contribution >= 0.6 is 0 Å². The van der Waals surface area contributed by atoms with Gasteiger partial charge in [-0.1, -0.05) is 0 Å². The van der Waals surface area contributed by atoms with Crippen molar-refractivity contribution in [1.82, 2.24) is 4.98 Å². The number of nitrogen functional groups attached to an aromatic ring is 1. The molecule has 0 saturated carbocycles. The molecule has 9 heteroatoms. The summed E-state index contributed by atoms with van der Waals surface area (Å²) in [4.78, 5) is 23.5. The van der Waals surface area contributed by atoms with Gasteiger partial charge in [0.15, 0.2) is 0 Å². The molecule has 0 aliphatic rings. The van der Waals surface area contributed by atoms with E-state index in [1.165, 1.54) is 0 Å². The lowest BCUT2D eigenvalue weighted by Gasteiger charge is -2.06. The standard InChI is InChI=1S/C7H6F2N4O3/c8-5(9)3-4(13(15)16)2(7(11)14)1-12-6(3)10/h1,5H,(H2,10,12)(H2,11,14). The first-order valence-corrected chi connectivity index (χ1v) is 3.87. The Kier molecular flexibility index (Phi) is 2.97. The van der Waals surface area contributed by atoms with Crippen LogP contribution in [0, 0.1) is 10.1 Å². The highest BCUT2D eigenvalue weighted by molar-refractivity contribution is 5.97. The van der Waals surface area contributed by atoms with Crippen LogP contribution in [0.1, 0.15) is 22.3 Å². The minimum absolute atomic E-state index is 0.696. The third kappa shape index (κ3) is 1.87. The van der Waals surface area contributed by atoms with Crippen molar-refractivity contribution in [2.45, 2.75) is 6.43 Å². The van der Waals surface area contributed by atoms with E-state index in [0.29, 0.717) is 6.20 Å². The molecule has 0 unspecified atom stereocenters. The molecular weight excluding hydrogens is 226 g/mol. The molecule has 0 bridgehead atoms. The van der Waals surface area contributed by atoms with Gasteiger partial charge < -0.3 is 11.5 Å². The van der Waals surface area contributed by atoms with E-state index >= 15 is 0 Å². The van der Waals surface area contributed by atoms with Crippen molar-refractivity contribution < 1.29 is 18.5 Å². The van der Waals surface area contributed by atoms with Crippen LogP contribution in [-0.4, -0.2) is 15.8 Å². The van der Waals surface area contributed by atoms with Gasteiger partial charge in [0.05, 0.1) is 4.92 Å². The number of anilines is 1. The largest absolute Gasteiger partial charge is 0.383 e. The maximum Gasteiger partial charge on any atom is 0.296 e. The first-order chi connectivity index (χ1) is 7.36. The molecule has 0 spiro atoms. The number of carbonyl (C=O) groups is 1. The lowest BCUT2D eigenvalue weighted by molar-refractivity contribution is -0.386. The number of alkyl halides is 2. The Morgan fingerprint density at radius 3 is 2.50 bits per heavy atom. The number of pyridine rings is 1. The van der Waals surface area contributed by atoms with E-state index in [0.717, 1.165) is 0 Å². The summed E-state index contributed by atoms with van der Waals surface area (Å²) >= 11 is 0. The molecule has 86 valence electrons. The fourth-order valence-corrected chi connectivity index (χ4v) is 1.12. The number of amides is 1. The average Bonchev–Trinajstić information content (AvgIpc) is 2.15. The number of primary amides is 1. The molecule has 1 aromatic heterocycles. The summed E-state index contributed by atoms with van der Waals surface area (Å²) in [5, 5.41) is 10.6. The molecule has 0 aliphatic heterocycles. The number of halogens is 2. The molecule has 0 radical (unpaired) electrons. The highest BCUT2D eigenvalue weighted by Crippen LogP contribution is 2.34. The highest BCUT2D eigenvalue weighted by atomic mass is 19.3. The van der Waals surface area contributed by atoms with Crippen LogP contribution in [0.3, 0.4) is 0 Å². The molecular formula is C7H6F2N4O3. The second kappa shape index (κ2) is 4.04. The number of hydrogen-bond acceptors (Lipinski definition) is 5. The molecule has 1 rings (SSSR count). The Bertz CT molecular complexity index is 463. The van der Waals surface area contributed by atoms with Crippen molar-refractivity contribution in [3.05, 3.63) is 27.4 Å². The molecule has 0 atom stereocenters. The van der Waals surface area contributed by atoms with Gasteiger partial charge >= 0.3 is 0 Å². The second-order valence-corrected chi connectivity index (χ2v) is 2.74. The van der Waals surface area contributed by atoms with Crippen LogP contribution in [0.25, 0.3) is 0 Å². The van der Waals surface area contributed by atoms with Gasteiger partial charge in [-0.15, -0.1) is 0 Å². The van der Waals surface area contributed by atoms with Crippen molar-refractivity contribution in [2.75, 3.05) is 5.73 Å². The number of nitrogens with zero attached hydrogens (tertiary/aromatic N) is 2. The summed E-state index contributed by atoms with van der Waals surface area (Å²) < 4.78 is 25.0. The smallest absolute Gasteiger partial charge is 0.296 e. The monoisotopic (exact) mass is 232 g/mol. The topological polar surface area (TPSA) is 125 Å². The van der Waals surface area contributed by atoms with Crippen molar-refractivity contribution in [3.63, 3.8) is 0 Å². The maximum atomic E-state index is 12.5. The zero-order chi connectivity index (χ0) is 12.5. The van der Waals surface area contributed by atoms with Gasteiger partial charge in [0.2, 0.25) is 0 Å². The Morgan fingerprint density at radius 2 is 2.12 bits per heavy atom. The Morgan fingerprint density at radius 1 is 1.56 bits per heavy atom. The van der Waals surface area contributed by atoms with Gasteiger partial charge in [-0.3, -0.25) is 14.9 Å². The normalized spacial score (nSPS) is 10.4. The Labute approximate surface area is 87.2 Å². The van der Waals surface area contributed by atoms with E-state index < -0.39 is 39.9 Å². The Hall–Kier alpha value is -2.32. The molecule has 1 amide bonds. The average molecular weight is 232 g/mol. The zero-order valence-corrected chi connectivity index (χ0v) is 7.68. The molecule has 1 heterocycles. The lowest BCUT2D eigenvalue weighted by Crippen LogP contribution is -2.16. The van der Waals surface area contributed by atoms with Crippen LogP contribution in [0.5, 0.6) is 0 Å². The fourth-order valence-electron chi connectivity index (χ4n) is 1.12. The predicted molar refractivity (Wildman–Crippen MR) is 48.8 cm³/mol. The van der Waals surface area contributed by atoms with Gasteiger partial charge in [0.1, 0.15) is 16.9 Å². The quantitative estimate of drug-likeness (QED) is 0.583. The number of nitrogens with two attached hydrogens (primary N) is 2. The van der Waals surface area contributed by atoms with Gasteiger partial charge in [-0.05, 0) is 0 Å². The SMILES string of the molecule is NC(=O)c1cnc(N)c(C(F)F)c1[N+](=O)[O-]. The van der Waals surface area contributed by atoms with E-state index in [4.69, 9.17) is 11.5 Å². The van der Waals surface area contributed by atoms with E-state index in [2.05, 4.69) is 4.98 Å². The second-order valence-electron chi connectivity index (χ2n) is 2.74. The van der Waals surface area contributed by atoms with Crippen molar-refractivity contribution >= 4 is 17.4 Å². The molecule has 0 saturated heterocycles. The molecule has 16 heavy (non-hydrogen) atoms. The summed E-state index contributed by atoms with van der Waals surface area (Å²) in [5.74, 6) is -1.92. The minimum atomic E-state index is -3.22. The van der Waals surface area contributed by atoms with Gasteiger partial charge in [0, 0.05) is 6.20 Å². The molecule has 4 N–H and O–H groups in total. The van der Waals surface area contributed by atoms with Crippen LogP contribution in [0.15, 0.2) is 6.20 Å². The summed E-state index contributed by atoms with van der Waals surface area (Å²) in [7, 11) is 0. The molecule has 7 nitrogen and oxygen atoms in total. The minimum Gasteiger partial charge on any atom is -0.383 e. The third-order valence-corrected chi connectivity index (χ3v) is 1.79. The number of carbonyl (C=O) groups excluding carboxylic acids is 1. The number of nitro groups is 1. The van der Waals surface area contributed by atoms with E-state index in [-0.39, 0.29) is 0 Å². The van der Waals surface area contributed by atoms with Crippen LogP contribution in [0.2, 0.25) is 0 Å². The molecule has 0 aromatic carbocycles. The summed E-state index contributed by atoms with van der Waals surface area (Å²) in [6.07, 6.45) is -2.52. The van der Waals surface area contributed by atoms with Crippen LogP contribution in [0.4, 0.5) is 20.3 Å². The highest BCUT2D eigenvalue weighted by Gasteiger charge is 2.31. The third-order valence-electron chi connectivity index (χ3n) is 1.79. The molecule has 0 fully saturated rings. The summed E-state index contributed by atoms with van der Waals surface area (Å²) in [5.41, 5.74) is 6.99. The first-order valence-electron chi connectivity index (χ1n) is 3.87. The van der Waals surface area contributed by atoms with E-state index in [1.54, 1.807) is 0 Å². The van der Waals surface area contributed by atoms with Crippen molar-refractivity contribution in [2.24, 2.45) is 5.73 Å². The van der Waals surface area contributed by atoms with Gasteiger partial charge in [-0.25, -0.2) is 13.8 Å². The first kappa shape index (κ1) is 11.8. The maximum absolute atomic E-state index is 12.5. The van der Waals surface area contributed by atoms with Crippen LogP contribution < -0.4 is 11.5 Å². The summed E-state index contributed by atoms with van der Waals surface area (Å²) in [6, 6.07) is 0. The van der Waals surface area contributed by atoms with E-state index in [9.17, 15) is 23.7 Å². The molecule has 0 aliphatic carbocycles. The van der Waals surface area contributed by atoms with Gasteiger partial charge in [-0.2, -0.15) is 0 Å². The van der Waals surface area contributed by atoms with E-state index in [1.807, 2.05) is 0 Å². The number of rotatable bonds is 3. The van der Waals surface area contributed by atoms with Gasteiger partial charge in [0.25, 0.3) is 18.0 Å². The Balaban J connectivity index is 3.63. The zero-order valence-electron chi connectivity index (χ0n) is 7.68. The van der Waals surface area contributed by atoms with Crippen molar-refractivity contribution in [1.29, 1.82) is 0 Å².